The van der Waals surface area contributed by atoms with Crippen LogP contribution in [0.15, 0.2) is 22.8 Å². The molecule has 3 rings (SSSR count). The second-order valence-electron chi connectivity index (χ2n) is 7.34. The number of hydrogen-bond acceptors (Lipinski definition) is 2. The van der Waals surface area contributed by atoms with Crippen LogP contribution < -0.4 is 0 Å². The summed E-state index contributed by atoms with van der Waals surface area (Å²) in [5.74, 6) is 0.768. The van der Waals surface area contributed by atoms with Gasteiger partial charge in [0.2, 0.25) is 0 Å². The molecule has 0 aromatic heterocycles. The molecule has 0 radical (unpaired) electrons. The van der Waals surface area contributed by atoms with Crippen LogP contribution in [0.5, 0.6) is 0 Å². The van der Waals surface area contributed by atoms with Gasteiger partial charge in [-0.1, -0.05) is 24.5 Å². The monoisotopic (exact) mass is 288 g/mol. The van der Waals surface area contributed by atoms with E-state index in [1.165, 1.54) is 36.0 Å². The lowest BCUT2D eigenvalue weighted by molar-refractivity contribution is -0.128. The number of carbonyl (C=O) groups is 1. The Kier molecular flexibility index (Phi) is 4.09. The summed E-state index contributed by atoms with van der Waals surface area (Å²) in [4.78, 5) is 12.8. The van der Waals surface area contributed by atoms with Crippen LogP contribution in [0.4, 0.5) is 0 Å². The highest BCUT2D eigenvalue weighted by Gasteiger charge is 2.51. The van der Waals surface area contributed by atoms with Crippen LogP contribution in [-0.2, 0) is 9.53 Å². The van der Waals surface area contributed by atoms with Crippen molar-refractivity contribution in [2.45, 2.75) is 71.3 Å². The van der Waals surface area contributed by atoms with Gasteiger partial charge in [0, 0.05) is 24.9 Å². The maximum Gasteiger partial charge on any atom is 0.136 e. The maximum atomic E-state index is 12.8. The van der Waals surface area contributed by atoms with Crippen molar-refractivity contribution in [3.05, 3.63) is 22.8 Å². The fourth-order valence-corrected chi connectivity index (χ4v) is 5.02. The number of ketones is 1. The summed E-state index contributed by atoms with van der Waals surface area (Å²) in [6.45, 7) is 4.34. The molecule has 2 nitrogen and oxygen atoms in total. The van der Waals surface area contributed by atoms with Gasteiger partial charge in [0.05, 0.1) is 6.10 Å². The molecule has 0 aromatic carbocycles. The smallest absolute Gasteiger partial charge is 0.136 e. The minimum absolute atomic E-state index is 0.138. The third kappa shape index (κ3) is 2.42. The first-order valence-corrected chi connectivity index (χ1v) is 8.52. The standard InChI is InChI=1S/C19H28O2/c1-13(2)12-16-14-9-11-19(16)10-5-4-6-15(19)17(20)7-8-18(14)21-3/h12,15,18H,4-11H2,1-3H3/t15-,18-,19-/m1/s1. The maximum absolute atomic E-state index is 12.8. The molecule has 3 aliphatic carbocycles. The Morgan fingerprint density at radius 3 is 2.71 bits per heavy atom. The molecule has 0 unspecified atom stereocenters. The average molecular weight is 288 g/mol. The largest absolute Gasteiger partial charge is 0.377 e. The highest BCUT2D eigenvalue weighted by atomic mass is 16.5. The second-order valence-corrected chi connectivity index (χ2v) is 7.34. The summed E-state index contributed by atoms with van der Waals surface area (Å²) in [6.07, 6.45) is 11.2. The van der Waals surface area contributed by atoms with Gasteiger partial charge in [-0.25, -0.2) is 0 Å². The number of carbonyl (C=O) groups excluding carboxylic acids is 1. The fourth-order valence-electron chi connectivity index (χ4n) is 5.02. The van der Waals surface area contributed by atoms with Crippen molar-refractivity contribution in [1.29, 1.82) is 0 Å². The summed E-state index contributed by atoms with van der Waals surface area (Å²) < 4.78 is 5.75. The van der Waals surface area contributed by atoms with E-state index in [4.69, 9.17) is 4.74 Å². The van der Waals surface area contributed by atoms with Crippen molar-refractivity contribution in [2.24, 2.45) is 11.3 Å². The van der Waals surface area contributed by atoms with Crippen molar-refractivity contribution in [1.82, 2.24) is 0 Å². The van der Waals surface area contributed by atoms with Crippen LogP contribution in [0, 0.1) is 11.3 Å². The molecule has 21 heavy (non-hydrogen) atoms. The van der Waals surface area contributed by atoms with Crippen molar-refractivity contribution in [3.8, 4) is 0 Å². The molecule has 0 N–H and O–H groups in total. The van der Waals surface area contributed by atoms with Gasteiger partial charge in [-0.15, -0.1) is 0 Å². The van der Waals surface area contributed by atoms with Gasteiger partial charge in [-0.3, -0.25) is 4.79 Å². The molecule has 0 saturated heterocycles. The third-order valence-electron chi connectivity index (χ3n) is 5.90. The zero-order valence-corrected chi connectivity index (χ0v) is 13.7. The molecular formula is C19H28O2. The van der Waals surface area contributed by atoms with E-state index in [1.807, 2.05) is 0 Å². The van der Waals surface area contributed by atoms with E-state index in [-0.39, 0.29) is 17.4 Å². The van der Waals surface area contributed by atoms with Gasteiger partial charge in [0.1, 0.15) is 5.78 Å². The molecule has 2 heteroatoms. The number of ether oxygens (including phenoxy) is 1. The van der Waals surface area contributed by atoms with Gasteiger partial charge >= 0.3 is 0 Å². The van der Waals surface area contributed by atoms with Crippen molar-refractivity contribution in [3.63, 3.8) is 0 Å². The third-order valence-corrected chi connectivity index (χ3v) is 5.90. The van der Waals surface area contributed by atoms with E-state index in [2.05, 4.69) is 19.9 Å². The number of methoxy groups -OCH3 is 1. The molecule has 2 bridgehead atoms. The van der Waals surface area contributed by atoms with E-state index < -0.39 is 0 Å². The van der Waals surface area contributed by atoms with E-state index in [1.54, 1.807) is 7.11 Å². The first kappa shape index (κ1) is 15.0. The molecule has 3 aliphatic rings. The van der Waals surface area contributed by atoms with Crippen molar-refractivity contribution in [2.75, 3.05) is 7.11 Å². The van der Waals surface area contributed by atoms with Gasteiger partial charge in [-0.05, 0) is 57.1 Å². The van der Waals surface area contributed by atoms with Crippen LogP contribution in [-0.4, -0.2) is 19.0 Å². The Morgan fingerprint density at radius 1 is 1.19 bits per heavy atom. The van der Waals surface area contributed by atoms with Gasteiger partial charge in [0.15, 0.2) is 0 Å². The van der Waals surface area contributed by atoms with Gasteiger partial charge < -0.3 is 4.74 Å². The summed E-state index contributed by atoms with van der Waals surface area (Å²) in [6, 6.07) is 0. The molecule has 1 fully saturated rings. The van der Waals surface area contributed by atoms with Gasteiger partial charge in [-0.2, -0.15) is 0 Å². The topological polar surface area (TPSA) is 26.3 Å². The molecule has 1 spiro atoms. The lowest BCUT2D eigenvalue weighted by Crippen LogP contribution is -2.39. The molecule has 3 atom stereocenters. The highest BCUT2D eigenvalue weighted by molar-refractivity contribution is 5.83. The molecular weight excluding hydrogens is 260 g/mol. The molecule has 0 aromatic rings. The Hall–Kier alpha value is -0.890. The van der Waals surface area contributed by atoms with Crippen LogP contribution in [0.2, 0.25) is 0 Å². The Bertz CT molecular complexity index is 496. The molecule has 0 aliphatic heterocycles. The van der Waals surface area contributed by atoms with E-state index >= 15 is 0 Å². The Morgan fingerprint density at radius 2 is 2.00 bits per heavy atom. The van der Waals surface area contributed by atoms with Crippen LogP contribution in [0.3, 0.4) is 0 Å². The lowest BCUT2D eigenvalue weighted by atomic mass is 9.60. The van der Waals surface area contributed by atoms with Gasteiger partial charge in [0.25, 0.3) is 0 Å². The minimum Gasteiger partial charge on any atom is -0.377 e. The Balaban J connectivity index is 2.15. The summed E-state index contributed by atoms with van der Waals surface area (Å²) in [5, 5.41) is 0. The van der Waals surface area contributed by atoms with E-state index in [0.717, 1.165) is 25.7 Å². The summed E-state index contributed by atoms with van der Waals surface area (Å²) in [5.41, 5.74) is 4.46. The molecule has 1 saturated carbocycles. The normalized spacial score (nSPS) is 36.0. The minimum atomic E-state index is 0.138. The van der Waals surface area contributed by atoms with Crippen LogP contribution >= 0.6 is 0 Å². The summed E-state index contributed by atoms with van der Waals surface area (Å²) >= 11 is 0. The zero-order chi connectivity index (χ0) is 15.0. The molecule has 116 valence electrons. The molecule has 0 amide bonds. The number of allylic oxidation sites excluding steroid dienone is 3. The average Bonchev–Trinajstić information content (AvgIpc) is 2.81. The predicted molar refractivity (Wildman–Crippen MR) is 85.1 cm³/mol. The quantitative estimate of drug-likeness (QED) is 0.742. The summed E-state index contributed by atoms with van der Waals surface area (Å²) in [7, 11) is 1.80. The van der Waals surface area contributed by atoms with E-state index in [9.17, 15) is 4.79 Å². The first-order valence-electron chi connectivity index (χ1n) is 8.52. The fraction of sp³-hybridized carbons (Fsp3) is 0.737. The number of rotatable bonds is 2. The highest BCUT2D eigenvalue weighted by Crippen LogP contribution is 2.58. The first-order chi connectivity index (χ1) is 10.1. The van der Waals surface area contributed by atoms with Crippen LogP contribution in [0.25, 0.3) is 0 Å². The van der Waals surface area contributed by atoms with Crippen molar-refractivity contribution < 1.29 is 9.53 Å². The predicted octanol–water partition coefficient (Wildman–Crippen LogP) is 4.60. The van der Waals surface area contributed by atoms with Crippen LogP contribution in [0.1, 0.15) is 65.2 Å². The van der Waals surface area contributed by atoms with Crippen molar-refractivity contribution >= 4 is 5.78 Å². The Labute approximate surface area is 128 Å². The molecule has 0 heterocycles. The second kappa shape index (κ2) is 5.72. The zero-order valence-electron chi connectivity index (χ0n) is 13.7. The van der Waals surface area contributed by atoms with E-state index in [0.29, 0.717) is 12.2 Å². The number of hydrogen-bond donors (Lipinski definition) is 0. The number of Topliss-reactive ketones (excluding diaryl/α,β-unsaturated/α-hetero) is 1. The lowest BCUT2D eigenvalue weighted by Gasteiger charge is -2.43. The SMILES string of the molecule is CO[C@@H]1CCC(=O)[C@H]2CCCC[C@@]23CCC1=C3C=C(C)C.